The minimum absolute atomic E-state index is 0.118. The molecule has 0 N–H and O–H groups in total. The molecule has 1 rings (SSSR count). The van der Waals surface area contributed by atoms with E-state index in [0.717, 1.165) is 0 Å². The summed E-state index contributed by atoms with van der Waals surface area (Å²) in [5, 5.41) is 0.259. The molecular weight excluding hydrogens is 190 g/mol. The van der Waals surface area contributed by atoms with Gasteiger partial charge in [-0.15, -0.1) is 0 Å². The van der Waals surface area contributed by atoms with Gasteiger partial charge in [0.05, 0.1) is 6.42 Å². The first-order valence-corrected chi connectivity index (χ1v) is 4.12. The number of ketones is 2. The van der Waals surface area contributed by atoms with E-state index < -0.39 is 0 Å². The van der Waals surface area contributed by atoms with Crippen molar-refractivity contribution in [3.05, 3.63) is 29.0 Å². The monoisotopic (exact) mass is 197 g/mol. The number of pyridine rings is 1. The second kappa shape index (κ2) is 4.14. The molecule has 3 nitrogen and oxygen atoms in total. The molecule has 13 heavy (non-hydrogen) atoms. The summed E-state index contributed by atoms with van der Waals surface area (Å²) in [7, 11) is 0. The van der Waals surface area contributed by atoms with Gasteiger partial charge < -0.3 is 0 Å². The van der Waals surface area contributed by atoms with Gasteiger partial charge in [-0.3, -0.25) is 9.59 Å². The van der Waals surface area contributed by atoms with Crippen LogP contribution in [0.5, 0.6) is 0 Å². The molecule has 0 saturated carbocycles. The molecule has 1 heterocycles. The zero-order chi connectivity index (χ0) is 9.84. The van der Waals surface area contributed by atoms with Crippen LogP contribution in [0.15, 0.2) is 18.2 Å². The molecular formula is C9H8ClNO2. The van der Waals surface area contributed by atoms with Crippen LogP contribution in [0.1, 0.15) is 23.8 Å². The van der Waals surface area contributed by atoms with Crippen LogP contribution in [0.2, 0.25) is 5.15 Å². The zero-order valence-electron chi connectivity index (χ0n) is 7.08. The van der Waals surface area contributed by atoms with Crippen molar-refractivity contribution in [1.82, 2.24) is 4.98 Å². The minimum Gasteiger partial charge on any atom is -0.300 e. The Morgan fingerprint density at radius 3 is 2.69 bits per heavy atom. The highest BCUT2D eigenvalue weighted by Gasteiger charge is 2.09. The normalized spacial score (nSPS) is 9.69. The SMILES string of the molecule is CC(=O)CC(=O)c1cccc(Cl)n1. The van der Waals surface area contributed by atoms with Gasteiger partial charge in [0.15, 0.2) is 5.78 Å². The fraction of sp³-hybridized carbons (Fsp3) is 0.222. The molecule has 0 fully saturated rings. The van der Waals surface area contributed by atoms with Crippen LogP contribution in [0.4, 0.5) is 0 Å². The molecule has 1 aromatic rings. The van der Waals surface area contributed by atoms with Crippen molar-refractivity contribution in [2.24, 2.45) is 0 Å². The van der Waals surface area contributed by atoms with Crippen LogP contribution >= 0.6 is 11.6 Å². The molecule has 0 spiro atoms. The lowest BCUT2D eigenvalue weighted by Gasteiger charge is -1.97. The molecule has 0 unspecified atom stereocenters. The van der Waals surface area contributed by atoms with Crippen LogP contribution in [0.3, 0.4) is 0 Å². The molecule has 0 bridgehead atoms. The Labute approximate surface area is 80.7 Å². The van der Waals surface area contributed by atoms with Crippen molar-refractivity contribution in [1.29, 1.82) is 0 Å². The number of hydrogen-bond acceptors (Lipinski definition) is 3. The number of carbonyl (C=O) groups is 2. The first-order chi connectivity index (χ1) is 6.09. The predicted molar refractivity (Wildman–Crippen MR) is 48.9 cm³/mol. The van der Waals surface area contributed by atoms with Crippen LogP contribution in [0.25, 0.3) is 0 Å². The standard InChI is InChI=1S/C9H8ClNO2/c1-6(12)5-8(13)7-3-2-4-9(10)11-7/h2-4H,5H2,1H3. The highest BCUT2D eigenvalue weighted by molar-refractivity contribution is 6.29. The van der Waals surface area contributed by atoms with E-state index in [-0.39, 0.29) is 28.8 Å². The van der Waals surface area contributed by atoms with Gasteiger partial charge in [-0.05, 0) is 19.1 Å². The van der Waals surface area contributed by atoms with Gasteiger partial charge in [-0.2, -0.15) is 0 Å². The van der Waals surface area contributed by atoms with Crippen LogP contribution < -0.4 is 0 Å². The van der Waals surface area contributed by atoms with Crippen molar-refractivity contribution >= 4 is 23.2 Å². The van der Waals surface area contributed by atoms with Gasteiger partial charge >= 0.3 is 0 Å². The molecule has 0 saturated heterocycles. The topological polar surface area (TPSA) is 47.0 Å². The largest absolute Gasteiger partial charge is 0.300 e. The van der Waals surface area contributed by atoms with Gasteiger partial charge in [-0.1, -0.05) is 17.7 Å². The average Bonchev–Trinajstić information content (AvgIpc) is 2.03. The molecule has 68 valence electrons. The van der Waals surface area contributed by atoms with E-state index in [0.29, 0.717) is 0 Å². The third-order valence-corrected chi connectivity index (χ3v) is 1.62. The summed E-state index contributed by atoms with van der Waals surface area (Å²) < 4.78 is 0. The van der Waals surface area contributed by atoms with E-state index in [4.69, 9.17) is 11.6 Å². The lowest BCUT2D eigenvalue weighted by molar-refractivity contribution is -0.116. The molecule has 0 aliphatic rings. The van der Waals surface area contributed by atoms with Crippen LogP contribution in [0, 0.1) is 0 Å². The van der Waals surface area contributed by atoms with Crippen molar-refractivity contribution in [3.8, 4) is 0 Å². The van der Waals surface area contributed by atoms with E-state index in [1.807, 2.05) is 0 Å². The molecule has 0 aromatic carbocycles. The minimum atomic E-state index is -0.296. The van der Waals surface area contributed by atoms with E-state index in [9.17, 15) is 9.59 Å². The first-order valence-electron chi connectivity index (χ1n) is 3.75. The molecule has 0 atom stereocenters. The molecule has 1 aromatic heterocycles. The van der Waals surface area contributed by atoms with Crippen molar-refractivity contribution in [3.63, 3.8) is 0 Å². The number of carbonyl (C=O) groups excluding carboxylic acids is 2. The number of hydrogen-bond donors (Lipinski definition) is 0. The van der Waals surface area contributed by atoms with Gasteiger partial charge in [-0.25, -0.2) is 4.98 Å². The number of halogens is 1. The van der Waals surface area contributed by atoms with E-state index in [1.165, 1.54) is 13.0 Å². The summed E-state index contributed by atoms with van der Waals surface area (Å²) in [4.78, 5) is 25.7. The van der Waals surface area contributed by atoms with Crippen LogP contribution in [-0.2, 0) is 4.79 Å². The van der Waals surface area contributed by atoms with Gasteiger partial charge in [0, 0.05) is 0 Å². The summed E-state index contributed by atoms with van der Waals surface area (Å²) in [5.74, 6) is -0.471. The molecule has 0 radical (unpaired) electrons. The van der Waals surface area contributed by atoms with E-state index in [1.54, 1.807) is 12.1 Å². The Bertz CT molecular complexity index is 349. The fourth-order valence-corrected chi connectivity index (χ4v) is 1.04. The number of aromatic nitrogens is 1. The fourth-order valence-electron chi connectivity index (χ4n) is 0.880. The third-order valence-electron chi connectivity index (χ3n) is 1.41. The predicted octanol–water partition coefficient (Wildman–Crippen LogP) is 1.90. The van der Waals surface area contributed by atoms with E-state index in [2.05, 4.69) is 4.98 Å². The molecule has 0 aliphatic carbocycles. The molecule has 0 aliphatic heterocycles. The second-order valence-corrected chi connectivity index (χ2v) is 3.03. The first kappa shape index (κ1) is 9.86. The number of rotatable bonds is 3. The zero-order valence-corrected chi connectivity index (χ0v) is 7.84. The maximum absolute atomic E-state index is 11.3. The molecule has 4 heteroatoms. The summed E-state index contributed by atoms with van der Waals surface area (Å²) >= 11 is 5.58. The Morgan fingerprint density at radius 1 is 1.46 bits per heavy atom. The third kappa shape index (κ3) is 2.95. The summed E-state index contributed by atoms with van der Waals surface area (Å²) in [5.41, 5.74) is 0.239. The smallest absolute Gasteiger partial charge is 0.188 e. The maximum Gasteiger partial charge on any atom is 0.188 e. The highest BCUT2D eigenvalue weighted by atomic mass is 35.5. The lowest BCUT2D eigenvalue weighted by atomic mass is 10.1. The van der Waals surface area contributed by atoms with Crippen molar-refractivity contribution in [2.45, 2.75) is 13.3 Å². The average molecular weight is 198 g/mol. The Hall–Kier alpha value is -1.22. The lowest BCUT2D eigenvalue weighted by Crippen LogP contribution is -2.06. The highest BCUT2D eigenvalue weighted by Crippen LogP contribution is 2.07. The van der Waals surface area contributed by atoms with Gasteiger partial charge in [0.25, 0.3) is 0 Å². The quantitative estimate of drug-likeness (QED) is 0.422. The number of nitrogens with zero attached hydrogens (tertiary/aromatic N) is 1. The van der Waals surface area contributed by atoms with E-state index >= 15 is 0 Å². The van der Waals surface area contributed by atoms with Gasteiger partial charge in [0.2, 0.25) is 0 Å². The summed E-state index contributed by atoms with van der Waals surface area (Å²) in [6.45, 7) is 1.36. The second-order valence-electron chi connectivity index (χ2n) is 2.65. The number of Topliss-reactive ketones (excluding diaryl/α,β-unsaturated/α-hetero) is 2. The van der Waals surface area contributed by atoms with Gasteiger partial charge in [0.1, 0.15) is 16.6 Å². The van der Waals surface area contributed by atoms with Crippen molar-refractivity contribution in [2.75, 3.05) is 0 Å². The Morgan fingerprint density at radius 2 is 2.15 bits per heavy atom. The Balaban J connectivity index is 2.83. The summed E-state index contributed by atoms with van der Waals surface area (Å²) in [6.07, 6.45) is -0.118. The Kier molecular flexibility index (Phi) is 3.14. The summed E-state index contributed by atoms with van der Waals surface area (Å²) in [6, 6.07) is 4.74. The van der Waals surface area contributed by atoms with Crippen molar-refractivity contribution < 1.29 is 9.59 Å². The van der Waals surface area contributed by atoms with Crippen LogP contribution in [-0.4, -0.2) is 16.6 Å². The maximum atomic E-state index is 11.3. The molecule has 0 amide bonds.